The number of para-hydroxylation sites is 2. The minimum atomic E-state index is -0.419. The Hall–Kier alpha value is -3.59. The van der Waals surface area contributed by atoms with Gasteiger partial charge in [0.1, 0.15) is 17.8 Å². The van der Waals surface area contributed by atoms with E-state index in [1.54, 1.807) is 23.9 Å². The van der Waals surface area contributed by atoms with Gasteiger partial charge in [-0.3, -0.25) is 0 Å². The van der Waals surface area contributed by atoms with Crippen molar-refractivity contribution < 1.29 is 20.1 Å². The van der Waals surface area contributed by atoms with Crippen molar-refractivity contribution in [1.29, 1.82) is 0 Å². The number of hydrogen-bond donors (Lipinski definition) is 3. The normalized spacial score (nSPS) is 11.3. The SMILES string of the molecule is CC(C)(c1ccc(O)c(CN(CSCC=O)c2ccccc2)c1)c1ccc(O)c(CN(CSCCO)c2ccccc2)c1. The molecule has 0 aliphatic rings. The second-order valence-electron chi connectivity index (χ2n) is 10.8. The largest absolute Gasteiger partial charge is 0.508 e. The third-order valence-corrected chi connectivity index (χ3v) is 9.31. The molecule has 0 aliphatic carbocycles. The molecule has 0 bridgehead atoms. The van der Waals surface area contributed by atoms with E-state index in [0.29, 0.717) is 36.3 Å². The number of benzene rings is 4. The molecule has 0 unspecified atom stereocenters. The predicted molar refractivity (Wildman–Crippen MR) is 181 cm³/mol. The molecule has 4 rings (SSSR count). The van der Waals surface area contributed by atoms with Gasteiger partial charge < -0.3 is 29.9 Å². The number of aromatic hydroxyl groups is 2. The highest BCUT2D eigenvalue weighted by atomic mass is 32.2. The molecule has 0 aliphatic heterocycles. The monoisotopic (exact) mass is 616 g/mol. The standard InChI is InChI=1S/C35H40N2O4S2/c1-35(2,29-13-15-33(40)27(21-29)23-36(25-42-19-17-38)31-9-5-3-6-10-31)30-14-16-34(41)28(22-30)24-37(26-43-20-18-39)32-11-7-4-8-12-32/h3-17,21-22,39-41H,18-20,23-26H2,1-2H3. The second-order valence-corrected chi connectivity index (χ2v) is 12.9. The Labute approximate surface area is 263 Å². The van der Waals surface area contributed by atoms with Crippen LogP contribution in [0.2, 0.25) is 0 Å². The maximum atomic E-state index is 11.0. The first kappa shape index (κ1) is 32.3. The first-order chi connectivity index (χ1) is 20.8. The van der Waals surface area contributed by atoms with Crippen LogP contribution in [0.4, 0.5) is 11.4 Å². The smallest absolute Gasteiger partial charge is 0.129 e. The topological polar surface area (TPSA) is 84.2 Å². The molecule has 4 aromatic rings. The van der Waals surface area contributed by atoms with Gasteiger partial charge in [0.25, 0.3) is 0 Å². The van der Waals surface area contributed by atoms with E-state index in [1.165, 1.54) is 11.8 Å². The summed E-state index contributed by atoms with van der Waals surface area (Å²) in [6, 6.07) is 31.7. The van der Waals surface area contributed by atoms with Gasteiger partial charge >= 0.3 is 0 Å². The van der Waals surface area contributed by atoms with E-state index in [9.17, 15) is 20.1 Å². The molecular formula is C35H40N2O4S2. The van der Waals surface area contributed by atoms with Crippen LogP contribution < -0.4 is 9.80 Å². The van der Waals surface area contributed by atoms with Gasteiger partial charge in [0.05, 0.1) is 24.1 Å². The van der Waals surface area contributed by atoms with E-state index in [1.807, 2.05) is 60.7 Å². The van der Waals surface area contributed by atoms with Gasteiger partial charge in [-0.25, -0.2) is 0 Å². The number of aldehydes is 1. The van der Waals surface area contributed by atoms with E-state index in [4.69, 9.17) is 0 Å². The lowest BCUT2D eigenvalue weighted by atomic mass is 9.77. The molecule has 8 heteroatoms. The molecule has 226 valence electrons. The zero-order chi connectivity index (χ0) is 30.7. The molecule has 0 heterocycles. The quantitative estimate of drug-likeness (QED) is 0.0705. The summed E-state index contributed by atoms with van der Waals surface area (Å²) in [6.07, 6.45) is 0.910. The van der Waals surface area contributed by atoms with E-state index in [0.717, 1.165) is 39.9 Å². The van der Waals surface area contributed by atoms with Gasteiger partial charge in [0, 0.05) is 46.8 Å². The van der Waals surface area contributed by atoms with Crippen molar-refractivity contribution in [2.75, 3.05) is 39.7 Å². The maximum absolute atomic E-state index is 11.0. The third-order valence-electron chi connectivity index (χ3n) is 7.48. The van der Waals surface area contributed by atoms with Crippen LogP contribution in [0.1, 0.15) is 36.1 Å². The van der Waals surface area contributed by atoms with Gasteiger partial charge in [-0.05, 0) is 59.7 Å². The number of phenolic OH excluding ortho intramolecular Hbond substituents is 2. The summed E-state index contributed by atoms with van der Waals surface area (Å²) in [5, 5.41) is 31.0. The fourth-order valence-electron chi connectivity index (χ4n) is 4.93. The van der Waals surface area contributed by atoms with Crippen molar-refractivity contribution in [1.82, 2.24) is 0 Å². The molecular weight excluding hydrogens is 577 g/mol. The molecule has 4 aromatic carbocycles. The number of hydrogen-bond acceptors (Lipinski definition) is 8. The lowest BCUT2D eigenvalue weighted by Crippen LogP contribution is -2.24. The fraction of sp³-hybridized carbons (Fsp3) is 0.286. The Morgan fingerprint density at radius 1 is 0.698 bits per heavy atom. The Balaban J connectivity index is 1.61. The Kier molecular flexibility index (Phi) is 11.8. The number of carbonyl (C=O) groups is 1. The third kappa shape index (κ3) is 8.72. The van der Waals surface area contributed by atoms with E-state index >= 15 is 0 Å². The highest BCUT2D eigenvalue weighted by Crippen LogP contribution is 2.37. The first-order valence-corrected chi connectivity index (χ1v) is 16.6. The molecule has 43 heavy (non-hydrogen) atoms. The summed E-state index contributed by atoms with van der Waals surface area (Å²) in [6.45, 7) is 5.44. The number of aliphatic hydroxyl groups is 1. The molecule has 3 N–H and O–H groups in total. The highest BCUT2D eigenvalue weighted by Gasteiger charge is 2.26. The zero-order valence-corrected chi connectivity index (χ0v) is 26.4. The van der Waals surface area contributed by atoms with E-state index < -0.39 is 5.41 Å². The number of aliphatic hydroxyl groups excluding tert-OH is 1. The van der Waals surface area contributed by atoms with Crippen molar-refractivity contribution in [3.63, 3.8) is 0 Å². The van der Waals surface area contributed by atoms with Crippen LogP contribution in [-0.2, 0) is 23.3 Å². The lowest BCUT2D eigenvalue weighted by molar-refractivity contribution is -0.105. The van der Waals surface area contributed by atoms with Crippen molar-refractivity contribution in [2.24, 2.45) is 0 Å². The molecule has 0 saturated heterocycles. The van der Waals surface area contributed by atoms with Crippen LogP contribution in [0.3, 0.4) is 0 Å². The summed E-state index contributed by atoms with van der Waals surface area (Å²) < 4.78 is 0. The van der Waals surface area contributed by atoms with Crippen LogP contribution in [0.15, 0.2) is 97.1 Å². The van der Waals surface area contributed by atoms with Crippen LogP contribution in [-0.4, -0.2) is 51.5 Å². The Bertz CT molecular complexity index is 1450. The lowest BCUT2D eigenvalue weighted by Gasteiger charge is -2.30. The summed E-state index contributed by atoms with van der Waals surface area (Å²) in [5.74, 6) is 2.82. The van der Waals surface area contributed by atoms with Gasteiger partial charge in [-0.15, -0.1) is 23.5 Å². The molecule has 0 saturated carbocycles. The number of nitrogens with zero attached hydrogens (tertiary/aromatic N) is 2. The minimum absolute atomic E-state index is 0.123. The summed E-state index contributed by atoms with van der Waals surface area (Å²) in [5.41, 5.74) is 5.37. The zero-order valence-electron chi connectivity index (χ0n) is 24.7. The Morgan fingerprint density at radius 3 is 1.60 bits per heavy atom. The van der Waals surface area contributed by atoms with Crippen molar-refractivity contribution in [3.05, 3.63) is 119 Å². The van der Waals surface area contributed by atoms with Crippen LogP contribution in [0, 0.1) is 0 Å². The summed E-state index contributed by atoms with van der Waals surface area (Å²) >= 11 is 3.18. The molecule has 0 atom stereocenters. The number of thioether (sulfide) groups is 2. The van der Waals surface area contributed by atoms with Crippen molar-refractivity contribution in [2.45, 2.75) is 32.4 Å². The fourth-order valence-corrected chi connectivity index (χ4v) is 6.31. The van der Waals surface area contributed by atoms with Crippen LogP contribution in [0.25, 0.3) is 0 Å². The van der Waals surface area contributed by atoms with Gasteiger partial charge in [-0.2, -0.15) is 0 Å². The Morgan fingerprint density at radius 2 is 1.16 bits per heavy atom. The van der Waals surface area contributed by atoms with Crippen molar-refractivity contribution >= 4 is 41.2 Å². The van der Waals surface area contributed by atoms with Gasteiger partial charge in [0.2, 0.25) is 0 Å². The van der Waals surface area contributed by atoms with Crippen LogP contribution in [0.5, 0.6) is 11.5 Å². The van der Waals surface area contributed by atoms with Crippen molar-refractivity contribution in [3.8, 4) is 11.5 Å². The number of rotatable bonds is 16. The minimum Gasteiger partial charge on any atom is -0.508 e. The second kappa shape index (κ2) is 15.8. The van der Waals surface area contributed by atoms with Gasteiger partial charge in [0.15, 0.2) is 0 Å². The number of carbonyl (C=O) groups excluding carboxylic acids is 1. The molecule has 6 nitrogen and oxygen atoms in total. The summed E-state index contributed by atoms with van der Waals surface area (Å²) in [7, 11) is 0. The first-order valence-electron chi connectivity index (χ1n) is 14.3. The van der Waals surface area contributed by atoms with Crippen LogP contribution >= 0.6 is 23.5 Å². The molecule has 0 radical (unpaired) electrons. The van der Waals surface area contributed by atoms with E-state index in [-0.39, 0.29) is 18.1 Å². The average molecular weight is 617 g/mol. The average Bonchev–Trinajstić information content (AvgIpc) is 3.02. The highest BCUT2D eigenvalue weighted by molar-refractivity contribution is 8.00. The van der Waals surface area contributed by atoms with E-state index in [2.05, 4.69) is 47.9 Å². The molecule has 0 aromatic heterocycles. The molecule has 0 fully saturated rings. The number of anilines is 2. The van der Waals surface area contributed by atoms with Gasteiger partial charge in [-0.1, -0.05) is 62.4 Å². The predicted octanol–water partition coefficient (Wildman–Crippen LogP) is 7.01. The molecule has 0 spiro atoms. The maximum Gasteiger partial charge on any atom is 0.129 e. The number of phenols is 2. The summed E-state index contributed by atoms with van der Waals surface area (Å²) in [4.78, 5) is 15.3. The molecule has 0 amide bonds.